The molecule has 0 bridgehead atoms. The minimum Gasteiger partial charge on any atom is -0.447 e. The molecule has 110 valence electrons. The Morgan fingerprint density at radius 1 is 1.21 bits per heavy atom. The van der Waals surface area contributed by atoms with E-state index in [2.05, 4.69) is 30.6 Å². The summed E-state index contributed by atoms with van der Waals surface area (Å²) in [6.45, 7) is 9.29. The van der Waals surface area contributed by atoms with Crippen molar-refractivity contribution in [2.24, 2.45) is 0 Å². The van der Waals surface area contributed by atoms with Gasteiger partial charge in [-0.3, -0.25) is 14.6 Å². The SMILES string of the molecule is CC(C)(C)N1CC(O)C(N2CCCCC2)C1OC=O. The minimum atomic E-state index is -0.456. The number of ether oxygens (including phenoxy) is 1. The van der Waals surface area contributed by atoms with Gasteiger partial charge in [0.25, 0.3) is 6.47 Å². The molecule has 19 heavy (non-hydrogen) atoms. The van der Waals surface area contributed by atoms with Crippen molar-refractivity contribution < 1.29 is 14.6 Å². The Kier molecular flexibility index (Phi) is 4.48. The zero-order chi connectivity index (χ0) is 14.0. The van der Waals surface area contributed by atoms with Crippen molar-refractivity contribution in [3.05, 3.63) is 0 Å². The molecule has 2 fully saturated rings. The van der Waals surface area contributed by atoms with Gasteiger partial charge < -0.3 is 9.84 Å². The molecule has 0 aromatic heterocycles. The summed E-state index contributed by atoms with van der Waals surface area (Å²) in [6, 6.07) is -0.0928. The van der Waals surface area contributed by atoms with Crippen molar-refractivity contribution >= 4 is 6.47 Å². The van der Waals surface area contributed by atoms with E-state index in [0.717, 1.165) is 25.9 Å². The smallest absolute Gasteiger partial charge is 0.294 e. The maximum Gasteiger partial charge on any atom is 0.294 e. The van der Waals surface area contributed by atoms with Crippen LogP contribution in [0.25, 0.3) is 0 Å². The molecule has 2 aliphatic heterocycles. The van der Waals surface area contributed by atoms with Crippen molar-refractivity contribution in [1.82, 2.24) is 9.80 Å². The average molecular weight is 270 g/mol. The number of likely N-dealkylation sites (tertiary alicyclic amines) is 2. The first-order chi connectivity index (χ1) is 8.95. The van der Waals surface area contributed by atoms with Crippen LogP contribution >= 0.6 is 0 Å². The molecule has 1 N–H and O–H groups in total. The van der Waals surface area contributed by atoms with Gasteiger partial charge in [0.1, 0.15) is 0 Å². The van der Waals surface area contributed by atoms with Crippen LogP contribution in [0.1, 0.15) is 40.0 Å². The second-order valence-corrected chi connectivity index (χ2v) is 6.60. The van der Waals surface area contributed by atoms with Crippen molar-refractivity contribution in [2.75, 3.05) is 19.6 Å². The third kappa shape index (κ3) is 3.09. The van der Waals surface area contributed by atoms with Gasteiger partial charge in [-0.25, -0.2) is 0 Å². The molecule has 5 heteroatoms. The van der Waals surface area contributed by atoms with Gasteiger partial charge in [-0.15, -0.1) is 0 Å². The fourth-order valence-electron chi connectivity index (χ4n) is 3.29. The monoisotopic (exact) mass is 270 g/mol. The number of rotatable bonds is 3. The maximum atomic E-state index is 10.8. The van der Waals surface area contributed by atoms with Crippen molar-refractivity contribution in [1.29, 1.82) is 0 Å². The number of hydrogen-bond donors (Lipinski definition) is 1. The van der Waals surface area contributed by atoms with E-state index >= 15 is 0 Å². The van der Waals surface area contributed by atoms with Gasteiger partial charge in [0.2, 0.25) is 0 Å². The van der Waals surface area contributed by atoms with Gasteiger partial charge in [-0.05, 0) is 46.7 Å². The van der Waals surface area contributed by atoms with Gasteiger partial charge in [0.05, 0.1) is 12.1 Å². The van der Waals surface area contributed by atoms with E-state index in [1.54, 1.807) is 0 Å². The van der Waals surface area contributed by atoms with Crippen LogP contribution in [-0.4, -0.2) is 64.9 Å². The molecule has 0 radical (unpaired) electrons. The van der Waals surface area contributed by atoms with E-state index in [0.29, 0.717) is 13.0 Å². The number of nitrogens with zero attached hydrogens (tertiary/aromatic N) is 2. The zero-order valence-electron chi connectivity index (χ0n) is 12.2. The summed E-state index contributed by atoms with van der Waals surface area (Å²) in [5, 5.41) is 10.4. The lowest BCUT2D eigenvalue weighted by Crippen LogP contribution is -2.54. The first kappa shape index (κ1) is 14.8. The van der Waals surface area contributed by atoms with Crippen LogP contribution in [0.4, 0.5) is 0 Å². The first-order valence-electron chi connectivity index (χ1n) is 7.23. The summed E-state index contributed by atoms with van der Waals surface area (Å²) in [6.07, 6.45) is 2.77. The van der Waals surface area contributed by atoms with Gasteiger partial charge in [-0.1, -0.05) is 6.42 Å². The number of carbonyl (C=O) groups is 1. The quantitative estimate of drug-likeness (QED) is 0.769. The third-order valence-electron chi connectivity index (χ3n) is 4.25. The Hall–Kier alpha value is -0.650. The lowest BCUT2D eigenvalue weighted by molar-refractivity contribution is -0.151. The van der Waals surface area contributed by atoms with E-state index in [-0.39, 0.29) is 17.8 Å². The maximum absolute atomic E-state index is 10.8. The lowest BCUT2D eigenvalue weighted by atomic mass is 10.0. The number of carbonyl (C=O) groups excluding carboxylic acids is 1. The second kappa shape index (κ2) is 5.77. The molecule has 3 atom stereocenters. The van der Waals surface area contributed by atoms with Gasteiger partial charge in [0, 0.05) is 12.1 Å². The van der Waals surface area contributed by atoms with Crippen LogP contribution < -0.4 is 0 Å². The molecule has 2 heterocycles. The van der Waals surface area contributed by atoms with Gasteiger partial charge in [0.15, 0.2) is 6.23 Å². The van der Waals surface area contributed by atoms with Gasteiger partial charge in [-0.2, -0.15) is 0 Å². The molecular formula is C14H26N2O3. The number of hydrogen-bond acceptors (Lipinski definition) is 5. The highest BCUT2D eigenvalue weighted by molar-refractivity contribution is 5.38. The predicted octanol–water partition coefficient (Wildman–Crippen LogP) is 0.815. The molecule has 2 saturated heterocycles. The van der Waals surface area contributed by atoms with Crippen LogP contribution in [0, 0.1) is 0 Å². The third-order valence-corrected chi connectivity index (χ3v) is 4.25. The van der Waals surface area contributed by atoms with Crippen molar-refractivity contribution in [3.63, 3.8) is 0 Å². The highest BCUT2D eigenvalue weighted by atomic mass is 16.5. The van der Waals surface area contributed by atoms with Crippen LogP contribution in [0.15, 0.2) is 0 Å². The Labute approximate surface area is 115 Å². The molecule has 0 amide bonds. The topological polar surface area (TPSA) is 53.0 Å². The predicted molar refractivity (Wildman–Crippen MR) is 72.6 cm³/mol. The summed E-state index contributed by atoms with van der Waals surface area (Å²) >= 11 is 0. The molecule has 0 aromatic carbocycles. The van der Waals surface area contributed by atoms with Gasteiger partial charge >= 0.3 is 0 Å². The number of piperidine rings is 1. The minimum absolute atomic E-state index is 0.0928. The molecular weight excluding hydrogens is 244 g/mol. The fourth-order valence-corrected chi connectivity index (χ4v) is 3.29. The number of aliphatic hydroxyl groups excluding tert-OH is 1. The number of aliphatic hydroxyl groups is 1. The zero-order valence-corrected chi connectivity index (χ0v) is 12.2. The van der Waals surface area contributed by atoms with E-state index in [9.17, 15) is 9.90 Å². The van der Waals surface area contributed by atoms with Crippen LogP contribution in [0.2, 0.25) is 0 Å². The van der Waals surface area contributed by atoms with Crippen molar-refractivity contribution in [3.8, 4) is 0 Å². The Morgan fingerprint density at radius 3 is 2.37 bits per heavy atom. The molecule has 0 aromatic rings. The largest absolute Gasteiger partial charge is 0.447 e. The molecule has 0 spiro atoms. The van der Waals surface area contributed by atoms with Crippen LogP contribution in [-0.2, 0) is 9.53 Å². The highest BCUT2D eigenvalue weighted by Gasteiger charge is 2.49. The summed E-state index contributed by atoms with van der Waals surface area (Å²) in [5.41, 5.74) is -0.126. The van der Waals surface area contributed by atoms with Crippen LogP contribution in [0.5, 0.6) is 0 Å². The molecule has 5 nitrogen and oxygen atoms in total. The normalized spacial score (nSPS) is 34.4. The Balaban J connectivity index is 2.17. The van der Waals surface area contributed by atoms with E-state index in [1.807, 2.05) is 0 Å². The fraction of sp³-hybridized carbons (Fsp3) is 0.929. The van der Waals surface area contributed by atoms with Crippen LogP contribution in [0.3, 0.4) is 0 Å². The average Bonchev–Trinajstić information content (AvgIpc) is 2.68. The molecule has 2 aliphatic rings. The standard InChI is InChI=1S/C14H26N2O3/c1-14(2,3)16-9-11(18)12(13(16)19-10-17)15-7-5-4-6-8-15/h10-13,18H,4-9H2,1-3H3. The van der Waals surface area contributed by atoms with E-state index in [1.165, 1.54) is 6.42 Å². The van der Waals surface area contributed by atoms with E-state index in [4.69, 9.17) is 4.74 Å². The summed E-state index contributed by atoms with van der Waals surface area (Å²) in [4.78, 5) is 15.2. The molecule has 2 rings (SSSR count). The molecule has 0 aliphatic carbocycles. The molecule has 0 saturated carbocycles. The summed E-state index contributed by atoms with van der Waals surface area (Å²) in [7, 11) is 0. The highest BCUT2D eigenvalue weighted by Crippen LogP contribution is 2.31. The first-order valence-corrected chi connectivity index (χ1v) is 7.23. The Bertz CT molecular complexity index is 310. The summed E-state index contributed by atoms with van der Waals surface area (Å²) in [5.74, 6) is 0. The van der Waals surface area contributed by atoms with E-state index < -0.39 is 6.10 Å². The summed E-state index contributed by atoms with van der Waals surface area (Å²) < 4.78 is 5.32. The second-order valence-electron chi connectivity index (χ2n) is 6.60. The van der Waals surface area contributed by atoms with Crippen molar-refractivity contribution in [2.45, 2.75) is 63.9 Å². The molecule has 3 unspecified atom stereocenters. The Morgan fingerprint density at radius 2 is 1.84 bits per heavy atom. The lowest BCUT2D eigenvalue weighted by Gasteiger charge is -2.40. The number of β-amino-alcohol motifs (C(OH)–C–C–N with tert-alkyl or cyclic N) is 1.